The van der Waals surface area contributed by atoms with Gasteiger partial charge in [0.1, 0.15) is 0 Å². The fraction of sp³-hybridized carbons (Fsp3) is 0.538. The summed E-state index contributed by atoms with van der Waals surface area (Å²) in [6, 6.07) is 6.76. The first kappa shape index (κ1) is 13.2. The van der Waals surface area contributed by atoms with Crippen molar-refractivity contribution in [3.8, 4) is 0 Å². The Morgan fingerprint density at radius 1 is 1.07 bits per heavy atom. The molecule has 84 valence electrons. The highest BCUT2D eigenvalue weighted by atomic mass is 79.9. The highest BCUT2D eigenvalue weighted by Gasteiger charge is 2.21. The van der Waals surface area contributed by atoms with Crippen LogP contribution in [-0.4, -0.2) is 10.7 Å². The van der Waals surface area contributed by atoms with Gasteiger partial charge in [-0.25, -0.2) is 0 Å². The van der Waals surface area contributed by atoms with Gasteiger partial charge in [0, 0.05) is 10.7 Å². The van der Waals surface area contributed by atoms with Crippen molar-refractivity contribution >= 4 is 31.9 Å². The summed E-state index contributed by atoms with van der Waals surface area (Å²) in [4.78, 5) is 0. The van der Waals surface area contributed by atoms with E-state index in [-0.39, 0.29) is 0 Å². The van der Waals surface area contributed by atoms with Gasteiger partial charge in [-0.3, -0.25) is 0 Å². The van der Waals surface area contributed by atoms with E-state index in [0.29, 0.717) is 5.41 Å². The number of rotatable bonds is 4. The van der Waals surface area contributed by atoms with Crippen molar-refractivity contribution in [1.29, 1.82) is 0 Å². The average Bonchev–Trinajstić information content (AvgIpc) is 2.23. The molecule has 1 rings (SSSR count). The van der Waals surface area contributed by atoms with Gasteiger partial charge in [-0.1, -0.05) is 57.0 Å². The van der Waals surface area contributed by atoms with E-state index in [9.17, 15) is 0 Å². The minimum absolute atomic E-state index is 0.307. The Bertz CT molecular complexity index is 327. The molecule has 0 amide bonds. The Morgan fingerprint density at radius 2 is 1.67 bits per heavy atom. The first-order valence-corrected chi connectivity index (χ1v) is 7.43. The van der Waals surface area contributed by atoms with Crippen LogP contribution in [0.1, 0.15) is 23.6 Å². The Balaban J connectivity index is 2.85. The second-order valence-electron chi connectivity index (χ2n) is 4.67. The Kier molecular flexibility index (Phi) is 4.85. The van der Waals surface area contributed by atoms with Gasteiger partial charge in [-0.05, 0) is 42.4 Å². The summed E-state index contributed by atoms with van der Waals surface area (Å²) in [5.74, 6) is 0. The number of aryl methyl sites for hydroxylation is 2. The lowest BCUT2D eigenvalue weighted by molar-refractivity contribution is 0.438. The van der Waals surface area contributed by atoms with Crippen LogP contribution in [0, 0.1) is 19.3 Å². The van der Waals surface area contributed by atoms with Crippen LogP contribution in [0.5, 0.6) is 0 Å². The zero-order chi connectivity index (χ0) is 11.5. The molecule has 0 atom stereocenters. The van der Waals surface area contributed by atoms with Crippen molar-refractivity contribution in [3.63, 3.8) is 0 Å². The topological polar surface area (TPSA) is 0 Å². The first-order valence-electron chi connectivity index (χ1n) is 5.19. The van der Waals surface area contributed by atoms with Crippen LogP contribution in [0.4, 0.5) is 0 Å². The minimum Gasteiger partial charge on any atom is -0.0922 e. The maximum absolute atomic E-state index is 3.59. The molecular weight excluding hydrogens is 316 g/mol. The molecule has 1 aromatic rings. The van der Waals surface area contributed by atoms with Crippen molar-refractivity contribution in [2.75, 3.05) is 10.7 Å². The van der Waals surface area contributed by atoms with Crippen LogP contribution < -0.4 is 0 Å². The molecule has 0 bridgehead atoms. The molecule has 0 saturated heterocycles. The van der Waals surface area contributed by atoms with Crippen molar-refractivity contribution in [1.82, 2.24) is 0 Å². The third-order valence-electron chi connectivity index (χ3n) is 2.85. The minimum atomic E-state index is 0.307. The Labute approximate surface area is 110 Å². The maximum atomic E-state index is 3.59. The molecule has 0 radical (unpaired) electrons. The van der Waals surface area contributed by atoms with Crippen LogP contribution >= 0.6 is 31.9 Å². The largest absolute Gasteiger partial charge is 0.0922 e. The summed E-state index contributed by atoms with van der Waals surface area (Å²) in [7, 11) is 0. The second-order valence-corrected chi connectivity index (χ2v) is 5.79. The van der Waals surface area contributed by atoms with E-state index < -0.39 is 0 Å². The van der Waals surface area contributed by atoms with Crippen LogP contribution in [0.15, 0.2) is 18.2 Å². The predicted molar refractivity (Wildman–Crippen MR) is 75.3 cm³/mol. The van der Waals surface area contributed by atoms with Crippen molar-refractivity contribution in [3.05, 3.63) is 34.9 Å². The number of halogens is 2. The quantitative estimate of drug-likeness (QED) is 0.704. The number of hydrogen-bond donors (Lipinski definition) is 0. The lowest BCUT2D eigenvalue weighted by Gasteiger charge is -2.25. The molecule has 2 heteroatoms. The lowest BCUT2D eigenvalue weighted by Crippen LogP contribution is -2.23. The third-order valence-corrected chi connectivity index (χ3v) is 5.55. The highest BCUT2D eigenvalue weighted by molar-refractivity contribution is 9.09. The summed E-state index contributed by atoms with van der Waals surface area (Å²) < 4.78 is 0. The van der Waals surface area contributed by atoms with Crippen LogP contribution in [0.25, 0.3) is 0 Å². The van der Waals surface area contributed by atoms with Gasteiger partial charge in [-0.2, -0.15) is 0 Å². The first-order chi connectivity index (χ1) is 7.00. The molecule has 0 N–H and O–H groups in total. The maximum Gasteiger partial charge on any atom is 0.00965 e. The van der Waals surface area contributed by atoms with E-state index in [1.165, 1.54) is 16.7 Å². The van der Waals surface area contributed by atoms with E-state index >= 15 is 0 Å². The van der Waals surface area contributed by atoms with E-state index in [0.717, 1.165) is 17.1 Å². The van der Waals surface area contributed by atoms with E-state index in [1.54, 1.807) is 0 Å². The summed E-state index contributed by atoms with van der Waals surface area (Å²) >= 11 is 7.19. The van der Waals surface area contributed by atoms with E-state index in [1.807, 2.05) is 0 Å². The summed E-state index contributed by atoms with van der Waals surface area (Å²) in [5, 5.41) is 2.05. The van der Waals surface area contributed by atoms with Gasteiger partial charge in [0.05, 0.1) is 0 Å². The molecule has 0 nitrogen and oxygen atoms in total. The summed E-state index contributed by atoms with van der Waals surface area (Å²) in [6.07, 6.45) is 1.12. The fourth-order valence-electron chi connectivity index (χ4n) is 1.54. The zero-order valence-corrected chi connectivity index (χ0v) is 12.8. The van der Waals surface area contributed by atoms with Crippen LogP contribution in [0.2, 0.25) is 0 Å². The second kappa shape index (κ2) is 5.49. The van der Waals surface area contributed by atoms with Crippen molar-refractivity contribution in [2.45, 2.75) is 27.2 Å². The molecule has 0 aliphatic carbocycles. The lowest BCUT2D eigenvalue weighted by atomic mass is 9.87. The smallest absolute Gasteiger partial charge is 0.00965 e. The normalized spacial score (nSPS) is 11.8. The summed E-state index contributed by atoms with van der Waals surface area (Å²) in [6.45, 7) is 6.64. The molecule has 15 heavy (non-hydrogen) atoms. The standard InChI is InChI=1S/C13H18Br2/c1-10-4-5-12(6-11(10)2)7-13(3,8-14)9-15/h4-6H,7-9H2,1-3H3. The van der Waals surface area contributed by atoms with Gasteiger partial charge < -0.3 is 0 Å². The molecule has 0 aromatic heterocycles. The number of benzene rings is 1. The third kappa shape index (κ3) is 3.60. The molecule has 0 aliphatic rings. The Hall–Kier alpha value is 0.180. The fourth-order valence-corrected chi connectivity index (χ4v) is 2.86. The molecular formula is C13H18Br2. The molecule has 0 fully saturated rings. The summed E-state index contributed by atoms with van der Waals surface area (Å²) in [5.41, 5.74) is 4.50. The van der Waals surface area contributed by atoms with Crippen molar-refractivity contribution < 1.29 is 0 Å². The number of alkyl halides is 2. The van der Waals surface area contributed by atoms with Gasteiger partial charge in [0.25, 0.3) is 0 Å². The van der Waals surface area contributed by atoms with Crippen LogP contribution in [0.3, 0.4) is 0 Å². The van der Waals surface area contributed by atoms with Gasteiger partial charge in [-0.15, -0.1) is 0 Å². The highest BCUT2D eigenvalue weighted by Crippen LogP contribution is 2.28. The van der Waals surface area contributed by atoms with E-state index in [4.69, 9.17) is 0 Å². The monoisotopic (exact) mass is 332 g/mol. The van der Waals surface area contributed by atoms with Crippen LogP contribution in [-0.2, 0) is 6.42 Å². The SMILES string of the molecule is Cc1ccc(CC(C)(CBr)CBr)cc1C. The van der Waals surface area contributed by atoms with Gasteiger partial charge >= 0.3 is 0 Å². The molecule has 0 saturated carbocycles. The molecule has 0 unspecified atom stereocenters. The number of hydrogen-bond acceptors (Lipinski definition) is 0. The molecule has 0 heterocycles. The Morgan fingerprint density at radius 3 is 2.13 bits per heavy atom. The van der Waals surface area contributed by atoms with Crippen molar-refractivity contribution in [2.24, 2.45) is 5.41 Å². The molecule has 0 spiro atoms. The van der Waals surface area contributed by atoms with Gasteiger partial charge in [0.2, 0.25) is 0 Å². The molecule has 1 aromatic carbocycles. The van der Waals surface area contributed by atoms with Gasteiger partial charge in [0.15, 0.2) is 0 Å². The molecule has 0 aliphatic heterocycles. The average molecular weight is 334 g/mol. The zero-order valence-electron chi connectivity index (χ0n) is 9.61. The predicted octanol–water partition coefficient (Wildman–Crippen LogP) is 4.64. The van der Waals surface area contributed by atoms with E-state index in [2.05, 4.69) is 70.8 Å².